The number of aromatic carboxylic acids is 1. The number of carboxylic acid groups (broad SMARTS) is 1. The molecule has 4 N–H and O–H groups in total. The molecule has 1 aromatic rings. The van der Waals surface area contributed by atoms with Crippen molar-refractivity contribution in [3.05, 3.63) is 29.3 Å². The largest absolute Gasteiger partial charge is 0.478 e. The van der Waals surface area contributed by atoms with Gasteiger partial charge in [0, 0.05) is 12.2 Å². The molecule has 7 heteroatoms. The number of hydrogen-bond donors (Lipinski definition) is 3. The molecule has 3 amide bonds. The molecule has 0 radical (unpaired) electrons. The standard InChI is InChI=1S/C13H15N3O4/c1-7(11(17)15-13(14)20)16-5-4-8-6-9(12(18)19)2-3-10(8)16/h2-3,6-7H,4-5H2,1H3,(H,18,19)(H3,14,15,17,20). The molecule has 106 valence electrons. The van der Waals surface area contributed by atoms with Crippen molar-refractivity contribution in [3.63, 3.8) is 0 Å². The van der Waals surface area contributed by atoms with Crippen LogP contribution in [0, 0.1) is 0 Å². The fraction of sp³-hybridized carbons (Fsp3) is 0.308. The van der Waals surface area contributed by atoms with Gasteiger partial charge in [0.1, 0.15) is 6.04 Å². The summed E-state index contributed by atoms with van der Waals surface area (Å²) < 4.78 is 0. The number of carbonyl (C=O) groups excluding carboxylic acids is 2. The summed E-state index contributed by atoms with van der Waals surface area (Å²) >= 11 is 0. The molecule has 1 aromatic carbocycles. The SMILES string of the molecule is CC(C(=O)NC(N)=O)N1CCc2cc(C(=O)O)ccc21. The van der Waals surface area contributed by atoms with Crippen molar-refractivity contribution in [2.45, 2.75) is 19.4 Å². The van der Waals surface area contributed by atoms with Crippen LogP contribution in [0.3, 0.4) is 0 Å². The molecule has 20 heavy (non-hydrogen) atoms. The van der Waals surface area contributed by atoms with Crippen LogP contribution in [0.25, 0.3) is 0 Å². The average molecular weight is 277 g/mol. The lowest BCUT2D eigenvalue weighted by Gasteiger charge is -2.25. The number of primary amides is 1. The normalized spacial score (nSPS) is 14.6. The number of hydrogen-bond acceptors (Lipinski definition) is 4. The Kier molecular flexibility index (Phi) is 3.60. The number of anilines is 1. The summed E-state index contributed by atoms with van der Waals surface area (Å²) in [6, 6.07) is 3.34. The molecule has 0 fully saturated rings. The molecular weight excluding hydrogens is 262 g/mol. The van der Waals surface area contributed by atoms with E-state index in [2.05, 4.69) is 0 Å². The second-order valence-corrected chi connectivity index (χ2v) is 4.62. The summed E-state index contributed by atoms with van der Waals surface area (Å²) in [7, 11) is 0. The minimum Gasteiger partial charge on any atom is -0.478 e. The first-order valence-corrected chi connectivity index (χ1v) is 6.13. The van der Waals surface area contributed by atoms with Gasteiger partial charge in [0.05, 0.1) is 5.56 Å². The number of carbonyl (C=O) groups is 3. The summed E-state index contributed by atoms with van der Waals surface area (Å²) in [5, 5.41) is 11.0. The van der Waals surface area contributed by atoms with Gasteiger partial charge in [-0.3, -0.25) is 10.1 Å². The van der Waals surface area contributed by atoms with Gasteiger partial charge in [0.2, 0.25) is 5.91 Å². The van der Waals surface area contributed by atoms with E-state index in [-0.39, 0.29) is 5.56 Å². The molecule has 7 nitrogen and oxygen atoms in total. The average Bonchev–Trinajstić information content (AvgIpc) is 2.79. The van der Waals surface area contributed by atoms with Crippen LogP contribution in [-0.2, 0) is 11.2 Å². The first-order valence-electron chi connectivity index (χ1n) is 6.13. The Morgan fingerprint density at radius 2 is 2.10 bits per heavy atom. The second kappa shape index (κ2) is 5.20. The second-order valence-electron chi connectivity index (χ2n) is 4.62. The Bertz CT molecular complexity index is 585. The molecule has 1 aliphatic heterocycles. The van der Waals surface area contributed by atoms with Crippen molar-refractivity contribution in [2.24, 2.45) is 5.73 Å². The predicted octanol–water partition coefficient (Wildman–Crippen LogP) is 0.331. The molecule has 1 unspecified atom stereocenters. The zero-order valence-corrected chi connectivity index (χ0v) is 10.9. The molecule has 0 aromatic heterocycles. The van der Waals surface area contributed by atoms with Crippen molar-refractivity contribution in [3.8, 4) is 0 Å². The van der Waals surface area contributed by atoms with E-state index >= 15 is 0 Å². The lowest BCUT2D eigenvalue weighted by atomic mass is 10.1. The lowest BCUT2D eigenvalue weighted by Crippen LogP contribution is -2.48. The summed E-state index contributed by atoms with van der Waals surface area (Å²) in [5.74, 6) is -1.46. The van der Waals surface area contributed by atoms with Crippen molar-refractivity contribution < 1.29 is 19.5 Å². The van der Waals surface area contributed by atoms with Crippen molar-refractivity contribution >= 4 is 23.6 Å². The highest BCUT2D eigenvalue weighted by Crippen LogP contribution is 2.30. The monoisotopic (exact) mass is 277 g/mol. The van der Waals surface area contributed by atoms with Crippen LogP contribution < -0.4 is 16.0 Å². The Morgan fingerprint density at radius 1 is 1.40 bits per heavy atom. The van der Waals surface area contributed by atoms with Gasteiger partial charge in [-0.15, -0.1) is 0 Å². The minimum absolute atomic E-state index is 0.222. The highest BCUT2D eigenvalue weighted by atomic mass is 16.4. The topological polar surface area (TPSA) is 113 Å². The van der Waals surface area contributed by atoms with E-state index in [4.69, 9.17) is 10.8 Å². The molecule has 1 aliphatic rings. The van der Waals surface area contributed by atoms with Gasteiger partial charge in [0.15, 0.2) is 0 Å². The Labute approximate surface area is 115 Å². The third kappa shape index (κ3) is 2.56. The lowest BCUT2D eigenvalue weighted by molar-refractivity contribution is -0.120. The van der Waals surface area contributed by atoms with Gasteiger partial charge in [0.25, 0.3) is 0 Å². The van der Waals surface area contributed by atoms with Crippen LogP contribution in [0.4, 0.5) is 10.5 Å². The van der Waals surface area contributed by atoms with E-state index in [1.807, 2.05) is 10.2 Å². The smallest absolute Gasteiger partial charge is 0.335 e. The number of rotatable bonds is 3. The molecule has 1 heterocycles. The van der Waals surface area contributed by atoms with Crippen LogP contribution in [0.15, 0.2) is 18.2 Å². The van der Waals surface area contributed by atoms with E-state index in [0.29, 0.717) is 13.0 Å². The Morgan fingerprint density at radius 3 is 2.70 bits per heavy atom. The molecule has 0 saturated heterocycles. The van der Waals surface area contributed by atoms with E-state index in [1.54, 1.807) is 19.1 Å². The highest BCUT2D eigenvalue weighted by Gasteiger charge is 2.28. The maximum atomic E-state index is 11.8. The summed E-state index contributed by atoms with van der Waals surface area (Å²) in [6.07, 6.45) is 0.657. The zero-order valence-electron chi connectivity index (χ0n) is 10.9. The third-order valence-electron chi connectivity index (χ3n) is 3.35. The van der Waals surface area contributed by atoms with Crippen molar-refractivity contribution in [1.29, 1.82) is 0 Å². The number of benzene rings is 1. The Hall–Kier alpha value is -2.57. The maximum absolute atomic E-state index is 11.8. The third-order valence-corrected chi connectivity index (χ3v) is 3.35. The number of urea groups is 1. The van der Waals surface area contributed by atoms with Crippen LogP contribution >= 0.6 is 0 Å². The number of carboxylic acids is 1. The van der Waals surface area contributed by atoms with E-state index in [0.717, 1.165) is 11.3 Å². The number of nitrogens with two attached hydrogens (primary N) is 1. The number of amides is 3. The van der Waals surface area contributed by atoms with Gasteiger partial charge < -0.3 is 15.7 Å². The van der Waals surface area contributed by atoms with Gasteiger partial charge >= 0.3 is 12.0 Å². The van der Waals surface area contributed by atoms with E-state index < -0.39 is 23.9 Å². The Balaban J connectivity index is 2.21. The minimum atomic E-state index is -0.981. The summed E-state index contributed by atoms with van der Waals surface area (Å²) in [4.78, 5) is 35.2. The molecule has 0 aliphatic carbocycles. The molecule has 2 rings (SSSR count). The van der Waals surface area contributed by atoms with Gasteiger partial charge in [-0.1, -0.05) is 0 Å². The van der Waals surface area contributed by atoms with E-state index in [9.17, 15) is 14.4 Å². The first kappa shape index (κ1) is 13.9. The van der Waals surface area contributed by atoms with Crippen LogP contribution in [0.1, 0.15) is 22.8 Å². The van der Waals surface area contributed by atoms with Gasteiger partial charge in [-0.2, -0.15) is 0 Å². The van der Waals surface area contributed by atoms with Crippen LogP contribution in [-0.4, -0.2) is 35.6 Å². The molecule has 1 atom stereocenters. The van der Waals surface area contributed by atoms with E-state index in [1.165, 1.54) is 6.07 Å². The number of imide groups is 1. The summed E-state index contributed by atoms with van der Waals surface area (Å²) in [6.45, 7) is 2.25. The number of nitrogens with zero attached hydrogens (tertiary/aromatic N) is 1. The van der Waals surface area contributed by atoms with Crippen molar-refractivity contribution in [2.75, 3.05) is 11.4 Å². The van der Waals surface area contributed by atoms with Gasteiger partial charge in [-0.25, -0.2) is 9.59 Å². The fourth-order valence-corrected chi connectivity index (χ4v) is 2.33. The highest BCUT2D eigenvalue weighted by molar-refractivity contribution is 5.98. The van der Waals surface area contributed by atoms with Crippen LogP contribution in [0.2, 0.25) is 0 Å². The molecule has 0 bridgehead atoms. The molecule has 0 spiro atoms. The molecular formula is C13H15N3O4. The van der Waals surface area contributed by atoms with Crippen LogP contribution in [0.5, 0.6) is 0 Å². The summed E-state index contributed by atoms with van der Waals surface area (Å²) in [5.41, 5.74) is 6.83. The first-order chi connectivity index (χ1) is 9.40. The molecule has 0 saturated carbocycles. The number of nitrogens with one attached hydrogen (secondary N) is 1. The quantitative estimate of drug-likeness (QED) is 0.737. The van der Waals surface area contributed by atoms with Crippen molar-refractivity contribution in [1.82, 2.24) is 5.32 Å². The maximum Gasteiger partial charge on any atom is 0.335 e. The predicted molar refractivity (Wildman–Crippen MR) is 71.6 cm³/mol. The zero-order chi connectivity index (χ0) is 14.9. The van der Waals surface area contributed by atoms with Gasteiger partial charge in [-0.05, 0) is 37.1 Å². The fourth-order valence-electron chi connectivity index (χ4n) is 2.33. The number of fused-ring (bicyclic) bond motifs is 1.